The zero-order valence-corrected chi connectivity index (χ0v) is 24.5. The number of carbonyl (C=O) groups excluding carboxylic acids is 3. The number of fused-ring (bicyclic) bond motifs is 1. The molecule has 8 nitrogen and oxygen atoms in total. The summed E-state index contributed by atoms with van der Waals surface area (Å²) in [5, 5.41) is 11.2. The smallest absolute Gasteiger partial charge is 0.240 e. The van der Waals surface area contributed by atoms with Gasteiger partial charge >= 0.3 is 0 Å². The summed E-state index contributed by atoms with van der Waals surface area (Å²) >= 11 is 0. The van der Waals surface area contributed by atoms with E-state index in [1.54, 1.807) is 0 Å². The van der Waals surface area contributed by atoms with Crippen LogP contribution in [0.3, 0.4) is 0 Å². The Balaban J connectivity index is 0.000000526. The molecule has 1 atom stereocenters. The molecule has 1 unspecified atom stereocenters. The Kier molecular flexibility index (Phi) is 14.5. The molecule has 3 amide bonds. The monoisotopic (exact) mass is 550 g/mol. The molecule has 1 aliphatic heterocycles. The topological polar surface area (TPSA) is 109 Å². The number of unbranched alkanes of at least 4 members (excludes halogenated alkanes) is 2. The van der Waals surface area contributed by atoms with Crippen molar-refractivity contribution in [1.82, 2.24) is 21.3 Å². The molecule has 40 heavy (non-hydrogen) atoms. The van der Waals surface area contributed by atoms with Crippen LogP contribution in [-0.2, 0) is 20.8 Å². The highest BCUT2D eigenvalue weighted by Crippen LogP contribution is 2.20. The first-order valence-corrected chi connectivity index (χ1v) is 14.3. The fourth-order valence-electron chi connectivity index (χ4n) is 4.20. The number of hydrogen-bond donors (Lipinski definition) is 4. The van der Waals surface area contributed by atoms with E-state index in [0.29, 0.717) is 26.1 Å². The third kappa shape index (κ3) is 12.0. The van der Waals surface area contributed by atoms with Crippen molar-refractivity contribution in [2.45, 2.75) is 65.3 Å². The number of nitrogens with one attached hydrogen (secondary N) is 4. The maximum Gasteiger partial charge on any atom is 0.240 e. The van der Waals surface area contributed by atoms with E-state index in [9.17, 15) is 14.4 Å². The number of benzene rings is 2. The van der Waals surface area contributed by atoms with Crippen LogP contribution in [0.1, 0.15) is 63.1 Å². The van der Waals surface area contributed by atoms with Crippen LogP contribution >= 0.6 is 0 Å². The molecule has 2 aromatic rings. The zero-order valence-electron chi connectivity index (χ0n) is 24.5. The average molecular weight is 551 g/mol. The maximum atomic E-state index is 12.8. The lowest BCUT2D eigenvalue weighted by molar-refractivity contribution is -0.130. The summed E-state index contributed by atoms with van der Waals surface area (Å²) in [7, 11) is 0. The first-order valence-electron chi connectivity index (χ1n) is 14.3. The van der Waals surface area contributed by atoms with Crippen molar-refractivity contribution < 1.29 is 19.1 Å². The standard InChI is InChI=1S/C23H34N4O4.C9H12/c1-3-4-7-12-23(2)22(30)26-17-21(29)25-16-20(28)24-13-8-10-18-9-5-6-11-19(18)31-15-14-27-23;1-3-9-6-4-5-8(2)7-9/h5-6,8-11,27H,3-4,7,12-17H2,1-2H3,(H,24,28)(H,25,29)(H,26,30);4-7H,3H2,1-2H3/b10-8+;. The van der Waals surface area contributed by atoms with Crippen molar-refractivity contribution >= 4 is 23.8 Å². The van der Waals surface area contributed by atoms with Gasteiger partial charge in [-0.1, -0.05) is 93.3 Å². The lowest BCUT2D eigenvalue weighted by Crippen LogP contribution is -2.57. The largest absolute Gasteiger partial charge is 0.492 e. The van der Waals surface area contributed by atoms with Crippen LogP contribution in [0, 0.1) is 6.92 Å². The summed E-state index contributed by atoms with van der Waals surface area (Å²) in [5.74, 6) is -0.223. The van der Waals surface area contributed by atoms with Gasteiger partial charge in [0.05, 0.1) is 18.6 Å². The Morgan fingerprint density at radius 2 is 1.65 bits per heavy atom. The normalized spacial score (nSPS) is 19.6. The highest BCUT2D eigenvalue weighted by molar-refractivity contribution is 5.91. The van der Waals surface area contributed by atoms with Crippen molar-refractivity contribution in [2.24, 2.45) is 0 Å². The van der Waals surface area contributed by atoms with Crippen molar-refractivity contribution in [1.29, 1.82) is 0 Å². The number of carbonyl (C=O) groups is 3. The number of rotatable bonds is 5. The Labute approximate surface area is 239 Å². The summed E-state index contributed by atoms with van der Waals surface area (Å²) in [4.78, 5) is 36.8. The maximum absolute atomic E-state index is 12.8. The number of amides is 3. The van der Waals surface area contributed by atoms with Gasteiger partial charge in [-0.25, -0.2) is 0 Å². The fourth-order valence-corrected chi connectivity index (χ4v) is 4.20. The molecule has 0 bridgehead atoms. The van der Waals surface area contributed by atoms with Crippen LogP contribution < -0.4 is 26.0 Å². The van der Waals surface area contributed by atoms with E-state index < -0.39 is 11.4 Å². The predicted molar refractivity (Wildman–Crippen MR) is 161 cm³/mol. The van der Waals surface area contributed by atoms with Gasteiger partial charge in [0.1, 0.15) is 12.4 Å². The molecule has 0 fully saturated rings. The lowest BCUT2D eigenvalue weighted by atomic mass is 9.93. The first kappa shape index (κ1) is 32.6. The zero-order chi connectivity index (χ0) is 29.2. The van der Waals surface area contributed by atoms with Gasteiger partial charge in [-0.3, -0.25) is 14.4 Å². The Morgan fingerprint density at radius 3 is 2.38 bits per heavy atom. The van der Waals surface area contributed by atoms with Gasteiger partial charge in [0.25, 0.3) is 0 Å². The van der Waals surface area contributed by atoms with Gasteiger partial charge in [0, 0.05) is 18.7 Å². The second kappa shape index (κ2) is 17.8. The second-order valence-corrected chi connectivity index (χ2v) is 10.1. The van der Waals surface area contributed by atoms with Gasteiger partial charge in [-0.15, -0.1) is 0 Å². The summed E-state index contributed by atoms with van der Waals surface area (Å²) in [6.07, 6.45) is 8.47. The van der Waals surface area contributed by atoms with E-state index >= 15 is 0 Å². The van der Waals surface area contributed by atoms with Crippen molar-refractivity contribution in [3.63, 3.8) is 0 Å². The van der Waals surface area contributed by atoms with Crippen molar-refractivity contribution in [3.8, 4) is 5.75 Å². The van der Waals surface area contributed by atoms with Crippen LogP contribution in [0.25, 0.3) is 6.08 Å². The van der Waals surface area contributed by atoms with Gasteiger partial charge in [0.2, 0.25) is 17.7 Å². The lowest BCUT2D eigenvalue weighted by Gasteiger charge is -2.30. The molecule has 0 aliphatic carbocycles. The molecule has 218 valence electrons. The molecule has 2 aromatic carbocycles. The molecule has 0 saturated carbocycles. The molecule has 0 spiro atoms. The van der Waals surface area contributed by atoms with E-state index in [4.69, 9.17) is 4.74 Å². The van der Waals surface area contributed by atoms with Gasteiger partial charge in [-0.2, -0.15) is 0 Å². The summed E-state index contributed by atoms with van der Waals surface area (Å²) in [5.41, 5.74) is 2.86. The van der Waals surface area contributed by atoms with E-state index in [1.165, 1.54) is 11.1 Å². The highest BCUT2D eigenvalue weighted by atomic mass is 16.5. The highest BCUT2D eigenvalue weighted by Gasteiger charge is 2.32. The van der Waals surface area contributed by atoms with Crippen LogP contribution in [0.5, 0.6) is 5.75 Å². The quantitative estimate of drug-likeness (QED) is 0.422. The third-order valence-corrected chi connectivity index (χ3v) is 6.64. The van der Waals surface area contributed by atoms with Gasteiger partial charge in [0.15, 0.2) is 0 Å². The number of para-hydroxylation sites is 1. The number of ether oxygens (including phenoxy) is 1. The Hall–Kier alpha value is -3.65. The minimum atomic E-state index is -0.818. The number of hydrogen-bond acceptors (Lipinski definition) is 5. The molecule has 0 saturated heterocycles. The minimum absolute atomic E-state index is 0.145. The molecular weight excluding hydrogens is 504 g/mol. The number of aryl methyl sites for hydroxylation is 2. The SMILES string of the molecule is CCCCCC1(C)NCCOc2ccccc2/C=C/CNC(=O)CNC(=O)CNC1=O.CCc1cccc(C)c1. The van der Waals surface area contributed by atoms with Crippen LogP contribution in [0.2, 0.25) is 0 Å². The molecule has 4 N–H and O–H groups in total. The first-order chi connectivity index (χ1) is 19.3. The van der Waals surface area contributed by atoms with Crippen LogP contribution in [-0.4, -0.2) is 56.0 Å². The molecule has 3 rings (SSSR count). The Bertz CT molecular complexity index is 1120. The van der Waals surface area contributed by atoms with E-state index in [-0.39, 0.29) is 24.9 Å². The van der Waals surface area contributed by atoms with Crippen LogP contribution in [0.15, 0.2) is 54.6 Å². The van der Waals surface area contributed by atoms with E-state index in [2.05, 4.69) is 66.3 Å². The van der Waals surface area contributed by atoms with Gasteiger partial charge in [-0.05, 0) is 38.3 Å². The summed E-state index contributed by atoms with van der Waals surface area (Å²) < 4.78 is 5.93. The Morgan fingerprint density at radius 1 is 0.900 bits per heavy atom. The summed E-state index contributed by atoms with van der Waals surface area (Å²) in [6.45, 7) is 9.13. The minimum Gasteiger partial charge on any atom is -0.492 e. The average Bonchev–Trinajstić information content (AvgIpc) is 2.95. The second-order valence-electron chi connectivity index (χ2n) is 10.1. The third-order valence-electron chi connectivity index (χ3n) is 6.64. The van der Waals surface area contributed by atoms with Crippen molar-refractivity contribution in [2.75, 3.05) is 32.8 Å². The predicted octanol–water partition coefficient (Wildman–Crippen LogP) is 3.93. The molecule has 8 heteroatoms. The van der Waals surface area contributed by atoms with Crippen molar-refractivity contribution in [3.05, 3.63) is 71.3 Å². The van der Waals surface area contributed by atoms with Gasteiger partial charge < -0.3 is 26.0 Å². The van der Waals surface area contributed by atoms with Crippen LogP contribution in [0.4, 0.5) is 0 Å². The molecule has 1 heterocycles. The fraction of sp³-hybridized carbons (Fsp3) is 0.469. The molecule has 0 aromatic heterocycles. The van der Waals surface area contributed by atoms with E-state index in [1.807, 2.05) is 43.3 Å². The molecular formula is C32H46N4O4. The summed E-state index contributed by atoms with van der Waals surface area (Å²) in [6, 6.07) is 16.3. The molecule has 1 aliphatic rings. The molecule has 0 radical (unpaired) electrons. The van der Waals surface area contributed by atoms with E-state index in [0.717, 1.165) is 37.0 Å².